The predicted octanol–water partition coefficient (Wildman–Crippen LogP) is 8.99. The molecule has 2 unspecified atom stereocenters. The van der Waals surface area contributed by atoms with Crippen LogP contribution in [-0.4, -0.2) is 51.0 Å². The molecule has 0 bridgehead atoms. The number of hydrogen-bond donors (Lipinski definition) is 4. The number of pyridine rings is 2. The molecule has 4 N–H and O–H groups in total. The lowest BCUT2D eigenvalue weighted by Crippen LogP contribution is -2.59. The van der Waals surface area contributed by atoms with Gasteiger partial charge in [-0.15, -0.1) is 23.2 Å². The second kappa shape index (κ2) is 17.4. The van der Waals surface area contributed by atoms with Crippen LogP contribution in [0.2, 0.25) is 5.02 Å². The smallest absolute Gasteiger partial charge is 0.363 e. The van der Waals surface area contributed by atoms with Crippen molar-refractivity contribution in [3.63, 3.8) is 0 Å². The van der Waals surface area contributed by atoms with E-state index in [9.17, 15) is 31.5 Å². The fraction of sp³-hybridized carbons (Fsp3) is 0.200. The molecule has 8 nitrogen and oxygen atoms in total. The largest absolute Gasteiger partial charge is 0.457 e. The maximum atomic E-state index is 13.8. The number of hydrogen-bond acceptors (Lipinski definition) is 6. The number of carbonyl (C=O) groups is 2. The zero-order valence-corrected chi connectivity index (χ0v) is 29.7. The SMILES string of the molecule is Cc1ccc(NC(NC(=O)c2ccc(Br)cn2)C(Cl)Cl)cc1.O=C(NC(Nc1ccc(Cl)cc1)C(F)(F)C(F)(F)F)c1ccc(Br)cn1. The molecule has 2 aromatic heterocycles. The molecule has 0 aliphatic rings. The third kappa shape index (κ3) is 11.7. The molecule has 0 saturated heterocycles. The van der Waals surface area contributed by atoms with E-state index in [1.54, 1.807) is 23.6 Å². The van der Waals surface area contributed by atoms with Crippen molar-refractivity contribution < 1.29 is 31.5 Å². The summed E-state index contributed by atoms with van der Waals surface area (Å²) in [5, 5.41) is 9.67. The van der Waals surface area contributed by atoms with Crippen LogP contribution in [0.15, 0.2) is 94.1 Å². The molecule has 2 atom stereocenters. The predicted molar refractivity (Wildman–Crippen MR) is 183 cm³/mol. The van der Waals surface area contributed by atoms with E-state index in [4.69, 9.17) is 34.8 Å². The van der Waals surface area contributed by atoms with Gasteiger partial charge in [0, 0.05) is 37.7 Å². The van der Waals surface area contributed by atoms with Gasteiger partial charge in [0.2, 0.25) is 0 Å². The Balaban J connectivity index is 0.000000264. The number of carbonyl (C=O) groups excluding carboxylic acids is 2. The van der Waals surface area contributed by atoms with Crippen molar-refractivity contribution in [2.24, 2.45) is 0 Å². The molecule has 2 amide bonds. The minimum atomic E-state index is -5.89. The fourth-order valence-electron chi connectivity index (χ4n) is 3.53. The quantitative estimate of drug-likeness (QED) is 0.0721. The highest BCUT2D eigenvalue weighted by atomic mass is 79.9. The zero-order valence-electron chi connectivity index (χ0n) is 24.3. The van der Waals surface area contributed by atoms with Gasteiger partial charge in [0.25, 0.3) is 11.8 Å². The Kier molecular flexibility index (Phi) is 14.2. The number of amides is 2. The minimum Gasteiger partial charge on any atom is -0.363 e. The van der Waals surface area contributed by atoms with Gasteiger partial charge in [-0.1, -0.05) is 29.3 Å². The van der Waals surface area contributed by atoms with Gasteiger partial charge in [0.05, 0.1) is 0 Å². The number of aromatic nitrogens is 2. The Morgan fingerprint density at radius 1 is 0.708 bits per heavy atom. The number of rotatable bonds is 10. The summed E-state index contributed by atoms with van der Waals surface area (Å²) in [7, 11) is 0. The van der Waals surface area contributed by atoms with Crippen LogP contribution in [0.5, 0.6) is 0 Å². The second-order valence-corrected chi connectivity index (χ2v) is 13.1. The van der Waals surface area contributed by atoms with Crippen molar-refractivity contribution in [3.8, 4) is 0 Å². The van der Waals surface area contributed by atoms with E-state index in [2.05, 4.69) is 52.5 Å². The van der Waals surface area contributed by atoms with Crippen LogP contribution in [0.25, 0.3) is 0 Å². The second-order valence-electron chi connectivity index (χ2n) is 9.70. The van der Waals surface area contributed by atoms with Gasteiger partial charge in [-0.05, 0) is 99.4 Å². The normalized spacial score (nSPS) is 12.7. The van der Waals surface area contributed by atoms with Crippen molar-refractivity contribution in [2.45, 2.75) is 36.2 Å². The minimum absolute atomic E-state index is 0.0904. The number of anilines is 2. The van der Waals surface area contributed by atoms with Crippen molar-refractivity contribution in [2.75, 3.05) is 10.6 Å². The first-order valence-electron chi connectivity index (χ1n) is 13.4. The van der Waals surface area contributed by atoms with Crippen LogP contribution in [-0.2, 0) is 0 Å². The molecule has 256 valence electrons. The van der Waals surface area contributed by atoms with Crippen LogP contribution in [0.3, 0.4) is 0 Å². The van der Waals surface area contributed by atoms with Crippen molar-refractivity contribution in [1.29, 1.82) is 0 Å². The van der Waals surface area contributed by atoms with E-state index >= 15 is 0 Å². The lowest BCUT2D eigenvalue weighted by Gasteiger charge is -2.30. The van der Waals surface area contributed by atoms with Crippen LogP contribution in [0.1, 0.15) is 26.5 Å². The summed E-state index contributed by atoms with van der Waals surface area (Å²) in [5.74, 6) is -6.81. The first-order valence-corrected chi connectivity index (χ1v) is 16.2. The highest BCUT2D eigenvalue weighted by Gasteiger charge is 2.63. The summed E-state index contributed by atoms with van der Waals surface area (Å²) in [6.07, 6.45) is -6.53. The van der Waals surface area contributed by atoms with Crippen LogP contribution >= 0.6 is 66.7 Å². The molecular formula is C30H24Br2Cl3F5N6O2. The maximum Gasteiger partial charge on any atom is 0.457 e. The molecule has 0 radical (unpaired) electrons. The lowest BCUT2D eigenvalue weighted by atomic mass is 10.2. The van der Waals surface area contributed by atoms with E-state index in [1.807, 2.05) is 36.5 Å². The highest BCUT2D eigenvalue weighted by molar-refractivity contribution is 9.10. The third-order valence-corrected chi connectivity index (χ3v) is 7.70. The van der Waals surface area contributed by atoms with Crippen molar-refractivity contribution in [1.82, 2.24) is 20.6 Å². The molecule has 0 spiro atoms. The Labute approximate surface area is 303 Å². The molecule has 0 aliphatic heterocycles. The molecular weight excluding hydrogens is 838 g/mol. The van der Waals surface area contributed by atoms with Crippen LogP contribution in [0.4, 0.5) is 33.3 Å². The van der Waals surface area contributed by atoms with Crippen LogP contribution < -0.4 is 21.3 Å². The van der Waals surface area contributed by atoms with Gasteiger partial charge in [-0.3, -0.25) is 9.59 Å². The van der Waals surface area contributed by atoms with E-state index < -0.39 is 35.2 Å². The number of halogens is 10. The molecule has 0 fully saturated rings. The Bertz CT molecular complexity index is 1650. The molecule has 48 heavy (non-hydrogen) atoms. The number of nitrogens with zero attached hydrogens (tertiary/aromatic N) is 2. The summed E-state index contributed by atoms with van der Waals surface area (Å²) in [5.41, 5.74) is 1.82. The number of aryl methyl sites for hydroxylation is 1. The monoisotopic (exact) mass is 858 g/mol. The summed E-state index contributed by atoms with van der Waals surface area (Å²) in [4.78, 5) is 31.1. The summed E-state index contributed by atoms with van der Waals surface area (Å²) in [6, 6.07) is 18.6. The Morgan fingerprint density at radius 2 is 1.17 bits per heavy atom. The Morgan fingerprint density at radius 3 is 1.60 bits per heavy atom. The van der Waals surface area contributed by atoms with E-state index in [1.165, 1.54) is 42.6 Å². The topological polar surface area (TPSA) is 108 Å². The first-order chi connectivity index (χ1) is 22.5. The van der Waals surface area contributed by atoms with Crippen molar-refractivity contribution in [3.05, 3.63) is 116 Å². The summed E-state index contributed by atoms with van der Waals surface area (Å²) >= 11 is 23.9. The highest BCUT2D eigenvalue weighted by Crippen LogP contribution is 2.38. The molecule has 2 heterocycles. The van der Waals surface area contributed by atoms with E-state index in [-0.39, 0.29) is 28.0 Å². The van der Waals surface area contributed by atoms with Gasteiger partial charge in [0.15, 0.2) is 6.17 Å². The molecule has 4 aromatic rings. The molecule has 2 aromatic carbocycles. The van der Waals surface area contributed by atoms with Gasteiger partial charge >= 0.3 is 12.1 Å². The Hall–Kier alpha value is -3.24. The first kappa shape index (κ1) is 39.2. The summed E-state index contributed by atoms with van der Waals surface area (Å²) < 4.78 is 67.3. The molecule has 4 rings (SSSR count). The molecule has 0 saturated carbocycles. The van der Waals surface area contributed by atoms with Crippen molar-refractivity contribution >= 4 is 89.9 Å². The third-order valence-electron chi connectivity index (χ3n) is 6.00. The van der Waals surface area contributed by atoms with Crippen LogP contribution in [0, 0.1) is 6.92 Å². The van der Waals surface area contributed by atoms with E-state index in [0.717, 1.165) is 15.7 Å². The maximum absolute atomic E-state index is 13.8. The average molecular weight is 862 g/mol. The lowest BCUT2D eigenvalue weighted by molar-refractivity contribution is -0.289. The number of nitrogens with one attached hydrogen (secondary N) is 4. The standard InChI is InChI=1S/C15H14BrCl2N3O.C15H10BrClF5N3O/c1-9-2-5-11(6-3-9)20-14(13(17)18)21-15(22)12-7-4-10(16)8-19-12;16-8-1-6-11(23-7-8)12(26)25-13(14(18,19)15(20,21)22)24-10-4-2-9(17)3-5-10/h2-8,13-14,20H,1H3,(H,21,22);1-7,13,24H,(H,25,26). The number of benzene rings is 2. The average Bonchev–Trinajstić information content (AvgIpc) is 3.02. The molecule has 18 heteroatoms. The van der Waals surface area contributed by atoms with E-state index in [0.29, 0.717) is 4.47 Å². The van der Waals surface area contributed by atoms with Gasteiger partial charge in [0.1, 0.15) is 22.4 Å². The van der Waals surface area contributed by atoms with Gasteiger partial charge in [-0.2, -0.15) is 22.0 Å². The fourth-order valence-corrected chi connectivity index (χ4v) is 4.37. The van der Waals surface area contributed by atoms with Gasteiger partial charge in [-0.25, -0.2) is 9.97 Å². The van der Waals surface area contributed by atoms with Gasteiger partial charge < -0.3 is 21.3 Å². The molecule has 0 aliphatic carbocycles. The number of alkyl halides is 7. The zero-order chi connectivity index (χ0) is 35.6. The summed E-state index contributed by atoms with van der Waals surface area (Å²) in [6.45, 7) is 1.99.